The fourth-order valence-corrected chi connectivity index (χ4v) is 2.27. The van der Waals surface area contributed by atoms with Gasteiger partial charge in [0.25, 0.3) is 0 Å². The van der Waals surface area contributed by atoms with Crippen molar-refractivity contribution in [3.8, 4) is 12.3 Å². The monoisotopic (exact) mass is 153 g/mol. The Bertz CT molecular complexity index is 196. The Kier molecular flexibility index (Phi) is 1.61. The summed E-state index contributed by atoms with van der Waals surface area (Å²) in [7, 11) is 0. The third-order valence-electron chi connectivity index (χ3n) is 2.79. The van der Waals surface area contributed by atoms with Gasteiger partial charge in [-0.1, -0.05) is 5.92 Å². The molecule has 2 heterocycles. The molecule has 1 nitrogen and oxygen atoms in total. The van der Waals surface area contributed by atoms with Gasteiger partial charge in [0.15, 0.2) is 0 Å². The molecule has 0 radical (unpaired) electrons. The van der Waals surface area contributed by atoms with E-state index in [1.165, 1.54) is 6.42 Å². The SMILES string of the molecule is C#CC1[C@H](F)CC2CCCN21. The number of terminal acetylenes is 1. The fraction of sp³-hybridized carbons (Fsp3) is 0.778. The highest BCUT2D eigenvalue weighted by atomic mass is 19.1. The van der Waals surface area contributed by atoms with Crippen molar-refractivity contribution in [2.75, 3.05) is 6.54 Å². The summed E-state index contributed by atoms with van der Waals surface area (Å²) in [6, 6.07) is 0.230. The van der Waals surface area contributed by atoms with Crippen molar-refractivity contribution in [3.63, 3.8) is 0 Å². The van der Waals surface area contributed by atoms with E-state index in [0.717, 1.165) is 13.0 Å². The van der Waals surface area contributed by atoms with Gasteiger partial charge in [0.1, 0.15) is 12.2 Å². The normalized spacial score (nSPS) is 43.8. The number of hydrogen-bond acceptors (Lipinski definition) is 1. The molecule has 0 aromatic carbocycles. The molecular formula is C9H12FN. The number of halogens is 1. The van der Waals surface area contributed by atoms with Crippen LogP contribution in [0.2, 0.25) is 0 Å². The van der Waals surface area contributed by atoms with Crippen LogP contribution >= 0.6 is 0 Å². The summed E-state index contributed by atoms with van der Waals surface area (Å²) in [5.41, 5.74) is 0. The van der Waals surface area contributed by atoms with Gasteiger partial charge in [-0.2, -0.15) is 0 Å². The quantitative estimate of drug-likeness (QED) is 0.472. The second-order valence-electron chi connectivity index (χ2n) is 3.40. The van der Waals surface area contributed by atoms with Crippen LogP contribution in [-0.4, -0.2) is 29.7 Å². The molecule has 2 rings (SSSR count). The molecule has 0 amide bonds. The third kappa shape index (κ3) is 0.954. The molecule has 0 saturated carbocycles. The molecule has 0 aliphatic carbocycles. The van der Waals surface area contributed by atoms with Crippen molar-refractivity contribution in [3.05, 3.63) is 0 Å². The van der Waals surface area contributed by atoms with E-state index in [0.29, 0.717) is 12.5 Å². The van der Waals surface area contributed by atoms with Gasteiger partial charge in [-0.15, -0.1) is 6.42 Å². The number of rotatable bonds is 0. The first-order valence-corrected chi connectivity index (χ1v) is 4.19. The van der Waals surface area contributed by atoms with E-state index in [1.807, 2.05) is 0 Å². The summed E-state index contributed by atoms with van der Waals surface area (Å²) in [6.45, 7) is 1.000. The highest BCUT2D eigenvalue weighted by molar-refractivity contribution is 5.11. The standard InChI is InChI=1S/C9H12FN/c1-2-9-8(10)6-7-4-3-5-11(7)9/h1,7-9H,3-6H2/t7?,8-,9?/m1/s1. The summed E-state index contributed by atoms with van der Waals surface area (Å²) >= 11 is 0. The molecule has 2 aliphatic rings. The van der Waals surface area contributed by atoms with Crippen LogP contribution in [0.1, 0.15) is 19.3 Å². The molecule has 2 saturated heterocycles. The molecule has 0 N–H and O–H groups in total. The lowest BCUT2D eigenvalue weighted by atomic mass is 10.1. The first kappa shape index (κ1) is 7.12. The van der Waals surface area contributed by atoms with Crippen molar-refractivity contribution < 1.29 is 4.39 Å². The summed E-state index contributed by atoms with van der Waals surface area (Å²) in [4.78, 5) is 2.14. The van der Waals surface area contributed by atoms with Crippen LogP contribution < -0.4 is 0 Å². The first-order valence-electron chi connectivity index (χ1n) is 4.19. The molecule has 2 heteroatoms. The van der Waals surface area contributed by atoms with Gasteiger partial charge in [0.2, 0.25) is 0 Å². The minimum atomic E-state index is -0.773. The van der Waals surface area contributed by atoms with Crippen LogP contribution in [0.4, 0.5) is 4.39 Å². The highest BCUT2D eigenvalue weighted by Crippen LogP contribution is 2.33. The summed E-state index contributed by atoms with van der Waals surface area (Å²) in [5.74, 6) is 2.54. The maximum absolute atomic E-state index is 13.1. The molecule has 2 unspecified atom stereocenters. The molecule has 0 aromatic rings. The van der Waals surface area contributed by atoms with E-state index in [1.54, 1.807) is 0 Å². The smallest absolute Gasteiger partial charge is 0.128 e. The van der Waals surface area contributed by atoms with E-state index in [4.69, 9.17) is 6.42 Å². The highest BCUT2D eigenvalue weighted by Gasteiger charge is 2.42. The van der Waals surface area contributed by atoms with E-state index >= 15 is 0 Å². The van der Waals surface area contributed by atoms with Gasteiger partial charge < -0.3 is 0 Å². The van der Waals surface area contributed by atoms with Crippen molar-refractivity contribution in [2.24, 2.45) is 0 Å². The number of fused-ring (bicyclic) bond motifs is 1. The predicted octanol–water partition coefficient (Wildman–Crippen LogP) is 1.19. The predicted molar refractivity (Wildman–Crippen MR) is 41.9 cm³/mol. The second kappa shape index (κ2) is 2.49. The number of hydrogen-bond donors (Lipinski definition) is 0. The largest absolute Gasteiger partial charge is 0.284 e. The van der Waals surface area contributed by atoms with Gasteiger partial charge in [0, 0.05) is 6.04 Å². The lowest BCUT2D eigenvalue weighted by molar-refractivity contribution is 0.241. The Labute approximate surface area is 66.6 Å². The lowest BCUT2D eigenvalue weighted by Gasteiger charge is -2.18. The van der Waals surface area contributed by atoms with Crippen LogP contribution in [0.25, 0.3) is 0 Å². The Morgan fingerprint density at radius 2 is 2.36 bits per heavy atom. The van der Waals surface area contributed by atoms with Crippen molar-refractivity contribution >= 4 is 0 Å². The van der Waals surface area contributed by atoms with E-state index < -0.39 is 6.17 Å². The fourth-order valence-electron chi connectivity index (χ4n) is 2.27. The maximum atomic E-state index is 13.1. The summed E-state index contributed by atoms with van der Waals surface area (Å²) in [5, 5.41) is 0. The number of nitrogens with zero attached hydrogens (tertiary/aromatic N) is 1. The summed E-state index contributed by atoms with van der Waals surface area (Å²) < 4.78 is 13.1. The Hall–Kier alpha value is -0.550. The van der Waals surface area contributed by atoms with Gasteiger partial charge in [-0.25, -0.2) is 4.39 Å². The molecule has 2 fully saturated rings. The molecular weight excluding hydrogens is 141 g/mol. The topological polar surface area (TPSA) is 3.24 Å². The maximum Gasteiger partial charge on any atom is 0.128 e. The second-order valence-corrected chi connectivity index (χ2v) is 3.40. The Morgan fingerprint density at radius 3 is 3.09 bits per heavy atom. The average Bonchev–Trinajstić information content (AvgIpc) is 2.46. The van der Waals surface area contributed by atoms with Crippen LogP contribution in [0, 0.1) is 12.3 Å². The van der Waals surface area contributed by atoms with Crippen LogP contribution in [0.5, 0.6) is 0 Å². The van der Waals surface area contributed by atoms with E-state index in [-0.39, 0.29) is 6.04 Å². The van der Waals surface area contributed by atoms with Crippen molar-refractivity contribution in [2.45, 2.75) is 37.5 Å². The third-order valence-corrected chi connectivity index (χ3v) is 2.79. The molecule has 0 bridgehead atoms. The van der Waals surface area contributed by atoms with Crippen LogP contribution in [0.15, 0.2) is 0 Å². The zero-order valence-corrected chi connectivity index (χ0v) is 6.46. The first-order chi connectivity index (χ1) is 5.33. The van der Waals surface area contributed by atoms with E-state index in [2.05, 4.69) is 10.8 Å². The number of alkyl halides is 1. The van der Waals surface area contributed by atoms with Gasteiger partial charge in [0.05, 0.1) is 0 Å². The van der Waals surface area contributed by atoms with Gasteiger partial charge in [-0.05, 0) is 25.8 Å². The molecule has 2 aliphatic heterocycles. The Morgan fingerprint density at radius 1 is 1.55 bits per heavy atom. The minimum absolute atomic E-state index is 0.220. The van der Waals surface area contributed by atoms with Crippen LogP contribution in [-0.2, 0) is 0 Å². The van der Waals surface area contributed by atoms with Crippen LogP contribution in [0.3, 0.4) is 0 Å². The molecule has 3 atom stereocenters. The van der Waals surface area contributed by atoms with Gasteiger partial charge in [-0.3, -0.25) is 4.90 Å². The molecule has 0 aromatic heterocycles. The molecule has 60 valence electrons. The minimum Gasteiger partial charge on any atom is -0.284 e. The zero-order valence-electron chi connectivity index (χ0n) is 6.46. The van der Waals surface area contributed by atoms with Crippen molar-refractivity contribution in [1.82, 2.24) is 4.90 Å². The lowest BCUT2D eigenvalue weighted by Crippen LogP contribution is -2.32. The van der Waals surface area contributed by atoms with Crippen molar-refractivity contribution in [1.29, 1.82) is 0 Å². The molecule has 0 spiro atoms. The summed E-state index contributed by atoms with van der Waals surface area (Å²) in [6.07, 6.45) is 7.46. The van der Waals surface area contributed by atoms with Gasteiger partial charge >= 0.3 is 0 Å². The average molecular weight is 153 g/mol. The molecule has 11 heavy (non-hydrogen) atoms. The Balaban J connectivity index is 2.15. The van der Waals surface area contributed by atoms with E-state index in [9.17, 15) is 4.39 Å². The zero-order chi connectivity index (χ0) is 7.84.